The third-order valence-electron chi connectivity index (χ3n) is 3.53. The van der Waals surface area contributed by atoms with Gasteiger partial charge in [0.05, 0.1) is 17.9 Å². The topological polar surface area (TPSA) is 66.3 Å². The molecule has 21 heavy (non-hydrogen) atoms. The molecule has 1 fully saturated rings. The number of anilines is 1. The van der Waals surface area contributed by atoms with Crippen LogP contribution in [0.5, 0.6) is 0 Å². The van der Waals surface area contributed by atoms with Gasteiger partial charge in [-0.2, -0.15) is 0 Å². The number of hydrogen-bond donors (Lipinski definition) is 1. The van der Waals surface area contributed by atoms with Crippen molar-refractivity contribution in [2.24, 2.45) is 0 Å². The van der Waals surface area contributed by atoms with Crippen LogP contribution in [0.3, 0.4) is 0 Å². The monoisotopic (exact) mass is 303 g/mol. The zero-order valence-corrected chi connectivity index (χ0v) is 12.6. The van der Waals surface area contributed by atoms with Crippen molar-refractivity contribution in [3.63, 3.8) is 0 Å². The van der Waals surface area contributed by atoms with Crippen molar-refractivity contribution >= 4 is 22.4 Å². The van der Waals surface area contributed by atoms with Gasteiger partial charge in [0.2, 0.25) is 0 Å². The second-order valence-electron chi connectivity index (χ2n) is 5.13. The van der Waals surface area contributed by atoms with E-state index >= 15 is 0 Å². The van der Waals surface area contributed by atoms with E-state index in [-0.39, 0.29) is 0 Å². The molecule has 1 N–H and O–H groups in total. The van der Waals surface area contributed by atoms with Crippen LogP contribution < -0.4 is 4.90 Å². The predicted octanol–water partition coefficient (Wildman–Crippen LogP) is 3.14. The second kappa shape index (κ2) is 5.81. The van der Waals surface area contributed by atoms with Gasteiger partial charge in [0.15, 0.2) is 5.13 Å². The molecule has 0 bridgehead atoms. The van der Waals surface area contributed by atoms with Crippen LogP contribution in [-0.4, -0.2) is 27.6 Å². The van der Waals surface area contributed by atoms with Gasteiger partial charge in [0.25, 0.3) is 0 Å². The van der Waals surface area contributed by atoms with Gasteiger partial charge in [-0.05, 0) is 31.9 Å². The number of aromatic nitrogens is 2. The highest BCUT2D eigenvalue weighted by atomic mass is 32.1. The summed E-state index contributed by atoms with van der Waals surface area (Å²) in [6.45, 7) is 3.46. The number of carboxylic acids is 1. The van der Waals surface area contributed by atoms with Crippen molar-refractivity contribution < 1.29 is 9.90 Å². The molecule has 0 aromatic carbocycles. The molecule has 0 atom stereocenters. The summed E-state index contributed by atoms with van der Waals surface area (Å²) >= 11 is 1.28. The van der Waals surface area contributed by atoms with E-state index < -0.39 is 5.97 Å². The number of rotatable bonds is 6. The minimum atomic E-state index is -0.866. The van der Waals surface area contributed by atoms with Crippen LogP contribution in [0.25, 0.3) is 0 Å². The Bertz CT molecular complexity index is 638. The fourth-order valence-corrected chi connectivity index (χ4v) is 3.30. The van der Waals surface area contributed by atoms with E-state index in [1.165, 1.54) is 11.3 Å². The maximum atomic E-state index is 11.4. The Morgan fingerprint density at radius 2 is 2.29 bits per heavy atom. The molecule has 6 heteroatoms. The molecule has 0 aliphatic heterocycles. The summed E-state index contributed by atoms with van der Waals surface area (Å²) in [6.07, 6.45) is 3.87. The molecule has 1 aliphatic carbocycles. The van der Waals surface area contributed by atoms with Gasteiger partial charge >= 0.3 is 5.97 Å². The smallest absolute Gasteiger partial charge is 0.347 e. The van der Waals surface area contributed by atoms with Crippen LogP contribution in [0, 0.1) is 0 Å². The Morgan fingerprint density at radius 1 is 1.48 bits per heavy atom. The van der Waals surface area contributed by atoms with E-state index in [1.54, 1.807) is 6.20 Å². The number of thiazole rings is 1. The predicted molar refractivity (Wildman–Crippen MR) is 82.0 cm³/mol. The Labute approximate surface area is 127 Å². The molecule has 3 rings (SSSR count). The van der Waals surface area contributed by atoms with E-state index in [0.29, 0.717) is 17.3 Å². The van der Waals surface area contributed by atoms with E-state index in [2.05, 4.69) is 14.9 Å². The first-order chi connectivity index (χ1) is 10.2. The lowest BCUT2D eigenvalue weighted by Gasteiger charge is -2.19. The number of pyridine rings is 1. The van der Waals surface area contributed by atoms with E-state index in [9.17, 15) is 9.90 Å². The van der Waals surface area contributed by atoms with Gasteiger partial charge in [0, 0.05) is 18.7 Å². The van der Waals surface area contributed by atoms with Crippen LogP contribution in [-0.2, 0) is 6.54 Å². The first kappa shape index (κ1) is 14.0. The van der Waals surface area contributed by atoms with Gasteiger partial charge in [-0.15, -0.1) is 0 Å². The van der Waals surface area contributed by atoms with Gasteiger partial charge in [-0.25, -0.2) is 9.78 Å². The Kier molecular flexibility index (Phi) is 3.88. The summed E-state index contributed by atoms with van der Waals surface area (Å²) in [4.78, 5) is 22.8. The van der Waals surface area contributed by atoms with Crippen molar-refractivity contribution in [2.45, 2.75) is 32.2 Å². The molecule has 0 radical (unpaired) electrons. The third-order valence-corrected chi connectivity index (χ3v) is 4.65. The molecular formula is C15H17N3O2S. The number of carbonyl (C=O) groups is 1. The first-order valence-electron chi connectivity index (χ1n) is 7.08. The molecule has 0 saturated heterocycles. The number of nitrogens with zero attached hydrogens (tertiary/aromatic N) is 3. The standard InChI is InChI=1S/C15H17N3O2S/c1-2-18(9-11-5-3-4-8-16-11)15-17-12(10-6-7-10)13(21-15)14(19)20/h3-5,8,10H,2,6-7,9H2,1H3,(H,19,20). The summed E-state index contributed by atoms with van der Waals surface area (Å²) in [5.74, 6) is -0.524. The van der Waals surface area contributed by atoms with Crippen molar-refractivity contribution in [2.75, 3.05) is 11.4 Å². The summed E-state index contributed by atoms with van der Waals surface area (Å²) in [6, 6.07) is 5.81. The average molecular weight is 303 g/mol. The summed E-state index contributed by atoms with van der Waals surface area (Å²) in [7, 11) is 0. The lowest BCUT2D eigenvalue weighted by molar-refractivity contribution is 0.0700. The highest BCUT2D eigenvalue weighted by Crippen LogP contribution is 2.44. The Hall–Kier alpha value is -1.95. The van der Waals surface area contributed by atoms with Gasteiger partial charge in [-0.3, -0.25) is 4.98 Å². The highest BCUT2D eigenvalue weighted by Gasteiger charge is 2.32. The van der Waals surface area contributed by atoms with Crippen LogP contribution in [0.2, 0.25) is 0 Å². The fraction of sp³-hybridized carbons (Fsp3) is 0.400. The first-order valence-corrected chi connectivity index (χ1v) is 7.89. The van der Waals surface area contributed by atoms with Crippen molar-refractivity contribution in [1.29, 1.82) is 0 Å². The Morgan fingerprint density at radius 3 is 2.86 bits per heavy atom. The summed E-state index contributed by atoms with van der Waals surface area (Å²) in [5.41, 5.74) is 1.72. The molecule has 2 heterocycles. The number of hydrogen-bond acceptors (Lipinski definition) is 5. The SMILES string of the molecule is CCN(Cc1ccccn1)c1nc(C2CC2)c(C(=O)O)s1. The van der Waals surface area contributed by atoms with Crippen LogP contribution in [0.4, 0.5) is 5.13 Å². The normalized spacial score (nSPS) is 14.1. The maximum Gasteiger partial charge on any atom is 0.347 e. The molecule has 2 aromatic rings. The second-order valence-corrected chi connectivity index (χ2v) is 6.10. The average Bonchev–Trinajstić information content (AvgIpc) is 3.24. The zero-order valence-electron chi connectivity index (χ0n) is 11.8. The van der Waals surface area contributed by atoms with Crippen molar-refractivity contribution in [3.8, 4) is 0 Å². The molecule has 110 valence electrons. The lowest BCUT2D eigenvalue weighted by Crippen LogP contribution is -2.22. The fourth-order valence-electron chi connectivity index (χ4n) is 2.24. The minimum absolute atomic E-state index is 0.342. The molecular weight excluding hydrogens is 286 g/mol. The molecule has 0 spiro atoms. The van der Waals surface area contributed by atoms with Crippen LogP contribution in [0.15, 0.2) is 24.4 Å². The van der Waals surface area contributed by atoms with Gasteiger partial charge < -0.3 is 10.0 Å². The summed E-state index contributed by atoms with van der Waals surface area (Å²) < 4.78 is 0. The molecule has 0 unspecified atom stereocenters. The van der Waals surface area contributed by atoms with E-state index in [0.717, 1.165) is 35.9 Å². The van der Waals surface area contributed by atoms with Gasteiger partial charge in [0.1, 0.15) is 4.88 Å². The van der Waals surface area contributed by atoms with E-state index in [1.807, 2.05) is 25.1 Å². The molecule has 1 saturated carbocycles. The molecule has 2 aromatic heterocycles. The Balaban J connectivity index is 1.86. The van der Waals surface area contributed by atoms with Crippen molar-refractivity contribution in [1.82, 2.24) is 9.97 Å². The molecule has 1 aliphatic rings. The minimum Gasteiger partial charge on any atom is -0.477 e. The number of aromatic carboxylic acids is 1. The van der Waals surface area contributed by atoms with Crippen LogP contribution >= 0.6 is 11.3 Å². The summed E-state index contributed by atoms with van der Waals surface area (Å²) in [5, 5.41) is 10.1. The highest BCUT2D eigenvalue weighted by molar-refractivity contribution is 7.17. The third kappa shape index (κ3) is 3.05. The molecule has 0 amide bonds. The van der Waals surface area contributed by atoms with Gasteiger partial charge in [-0.1, -0.05) is 17.4 Å². The van der Waals surface area contributed by atoms with E-state index in [4.69, 9.17) is 0 Å². The molecule has 5 nitrogen and oxygen atoms in total. The lowest BCUT2D eigenvalue weighted by atomic mass is 10.2. The van der Waals surface area contributed by atoms with Crippen LogP contribution in [0.1, 0.15) is 46.7 Å². The quantitative estimate of drug-likeness (QED) is 0.888. The largest absolute Gasteiger partial charge is 0.477 e. The number of carboxylic acid groups (broad SMARTS) is 1. The maximum absolute atomic E-state index is 11.4. The zero-order chi connectivity index (χ0) is 14.8. The van der Waals surface area contributed by atoms with Crippen molar-refractivity contribution in [3.05, 3.63) is 40.7 Å².